The second kappa shape index (κ2) is 14.3. The summed E-state index contributed by atoms with van der Waals surface area (Å²) in [5.74, 6) is 0. The minimum absolute atomic E-state index is 0.0334. The van der Waals surface area contributed by atoms with Gasteiger partial charge >= 0.3 is 8.60 Å². The zero-order chi connectivity index (χ0) is 19.4. The van der Waals surface area contributed by atoms with Crippen molar-refractivity contribution in [3.63, 3.8) is 0 Å². The van der Waals surface area contributed by atoms with Crippen LogP contribution in [0.3, 0.4) is 0 Å². The fourth-order valence-corrected chi connectivity index (χ4v) is 4.16. The zero-order valence-electron chi connectivity index (χ0n) is 18.0. The molecule has 0 aromatic rings. The molecule has 0 saturated heterocycles. The molecule has 0 aliphatic carbocycles. The fraction of sp³-hybridized carbons (Fsp3) is 1.00. The van der Waals surface area contributed by atoms with E-state index in [4.69, 9.17) is 13.6 Å². The van der Waals surface area contributed by atoms with Crippen LogP contribution in [0.15, 0.2) is 0 Å². The Morgan fingerprint density at radius 3 is 0.880 bits per heavy atom. The van der Waals surface area contributed by atoms with Gasteiger partial charge in [-0.2, -0.15) is 0 Å². The highest BCUT2D eigenvalue weighted by Gasteiger charge is 2.27. The minimum Gasteiger partial charge on any atom is -0.293 e. The molecule has 3 atom stereocenters. The first-order valence-corrected chi connectivity index (χ1v) is 11.0. The molecule has 25 heavy (non-hydrogen) atoms. The van der Waals surface area contributed by atoms with Crippen molar-refractivity contribution in [3.05, 3.63) is 0 Å². The van der Waals surface area contributed by atoms with Gasteiger partial charge in [0, 0.05) is 0 Å². The van der Waals surface area contributed by atoms with Crippen LogP contribution in [0.5, 0.6) is 0 Å². The monoisotopic (exact) mass is 379 g/mol. The van der Waals surface area contributed by atoms with Gasteiger partial charge in [-0.1, -0.05) is 41.5 Å². The van der Waals surface area contributed by atoms with Crippen LogP contribution in [-0.2, 0) is 13.6 Å². The third-order valence-electron chi connectivity index (χ3n) is 4.70. The molecule has 0 N–H and O–H groups in total. The van der Waals surface area contributed by atoms with Crippen molar-refractivity contribution in [2.45, 2.75) is 81.0 Å². The minimum atomic E-state index is -1.44. The van der Waals surface area contributed by atoms with Crippen LogP contribution in [0.1, 0.15) is 62.3 Å². The van der Waals surface area contributed by atoms with Crippen LogP contribution < -0.4 is 0 Å². The molecular weight excluding hydrogens is 337 g/mol. The van der Waals surface area contributed by atoms with Crippen molar-refractivity contribution >= 4 is 8.60 Å². The maximum absolute atomic E-state index is 6.21. The Hall–Kier alpha value is 0.190. The van der Waals surface area contributed by atoms with Crippen LogP contribution in [-0.4, -0.2) is 72.7 Å². The Kier molecular flexibility index (Phi) is 14.4. The summed E-state index contributed by atoms with van der Waals surface area (Å²) in [7, 11) is -1.44. The predicted molar refractivity (Wildman–Crippen MR) is 107 cm³/mol. The first-order chi connectivity index (χ1) is 11.9. The SMILES string of the molecule is CCN(CC)C(C)OP(OC(C)N(CC)CC)OC(C)N(CC)CC. The Morgan fingerprint density at radius 1 is 0.520 bits per heavy atom. The van der Waals surface area contributed by atoms with Gasteiger partial charge in [-0.25, -0.2) is 0 Å². The van der Waals surface area contributed by atoms with Gasteiger partial charge in [-0.15, -0.1) is 0 Å². The smallest absolute Gasteiger partial charge is 0.293 e. The molecular formula is C18H42N3O3P. The average Bonchev–Trinajstić information content (AvgIpc) is 2.57. The van der Waals surface area contributed by atoms with Gasteiger partial charge in [0.2, 0.25) is 0 Å². The Labute approximate surface area is 157 Å². The molecule has 0 aromatic heterocycles. The van der Waals surface area contributed by atoms with Gasteiger partial charge in [0.05, 0.1) is 0 Å². The van der Waals surface area contributed by atoms with E-state index >= 15 is 0 Å². The molecule has 6 nitrogen and oxygen atoms in total. The summed E-state index contributed by atoms with van der Waals surface area (Å²) in [6.07, 6.45) is -0.100. The molecule has 152 valence electrons. The van der Waals surface area contributed by atoms with E-state index in [2.05, 4.69) is 77.0 Å². The van der Waals surface area contributed by atoms with Crippen LogP contribution in [0.4, 0.5) is 0 Å². The second-order valence-corrected chi connectivity index (χ2v) is 7.08. The summed E-state index contributed by atoms with van der Waals surface area (Å²) >= 11 is 0. The highest BCUT2D eigenvalue weighted by atomic mass is 31.2. The van der Waals surface area contributed by atoms with E-state index in [0.717, 1.165) is 39.3 Å². The maximum Gasteiger partial charge on any atom is 0.337 e. The van der Waals surface area contributed by atoms with Gasteiger partial charge in [-0.05, 0) is 60.0 Å². The summed E-state index contributed by atoms with van der Waals surface area (Å²) in [6.45, 7) is 24.7. The number of nitrogens with zero attached hydrogens (tertiary/aromatic N) is 3. The summed E-state index contributed by atoms with van der Waals surface area (Å²) in [4.78, 5) is 6.77. The molecule has 3 unspecified atom stereocenters. The molecule has 7 heteroatoms. The van der Waals surface area contributed by atoms with E-state index in [1.54, 1.807) is 0 Å². The molecule has 0 aliphatic heterocycles. The highest BCUT2D eigenvalue weighted by molar-refractivity contribution is 7.41. The van der Waals surface area contributed by atoms with Crippen molar-refractivity contribution in [2.75, 3.05) is 39.3 Å². The van der Waals surface area contributed by atoms with E-state index in [1.165, 1.54) is 0 Å². The normalized spacial score (nSPS) is 17.3. The van der Waals surface area contributed by atoms with Crippen LogP contribution in [0.25, 0.3) is 0 Å². The lowest BCUT2D eigenvalue weighted by molar-refractivity contribution is -0.0425. The van der Waals surface area contributed by atoms with Crippen molar-refractivity contribution in [1.82, 2.24) is 14.7 Å². The average molecular weight is 380 g/mol. The molecule has 0 heterocycles. The Balaban J connectivity index is 5.02. The van der Waals surface area contributed by atoms with Crippen molar-refractivity contribution in [3.8, 4) is 0 Å². The molecule has 0 aliphatic rings. The quantitative estimate of drug-likeness (QED) is 0.311. The Morgan fingerprint density at radius 2 is 0.720 bits per heavy atom. The predicted octanol–water partition coefficient (Wildman–Crippen LogP) is 4.33. The lowest BCUT2D eigenvalue weighted by atomic mass is 10.5. The largest absolute Gasteiger partial charge is 0.337 e. The number of hydrogen-bond acceptors (Lipinski definition) is 6. The highest BCUT2D eigenvalue weighted by Crippen LogP contribution is 2.45. The standard InChI is InChI=1S/C18H42N3O3P/c1-10-19(11-2)16(7)22-25(23-17(8)20(12-3)13-4)24-18(9)21(14-5)15-6/h16-18H,10-15H2,1-9H3. The fourth-order valence-electron chi connectivity index (χ4n) is 2.86. The van der Waals surface area contributed by atoms with Crippen LogP contribution in [0.2, 0.25) is 0 Å². The molecule has 0 saturated carbocycles. The first-order valence-electron chi connectivity index (χ1n) is 9.90. The summed E-state index contributed by atoms with van der Waals surface area (Å²) < 4.78 is 18.6. The topological polar surface area (TPSA) is 37.4 Å². The third kappa shape index (κ3) is 9.09. The zero-order valence-corrected chi connectivity index (χ0v) is 18.9. The summed E-state index contributed by atoms with van der Waals surface area (Å²) in [6, 6.07) is 0. The van der Waals surface area contributed by atoms with Gasteiger partial charge < -0.3 is 0 Å². The Bertz CT molecular complexity index is 266. The molecule has 0 bridgehead atoms. The van der Waals surface area contributed by atoms with Gasteiger partial charge in [0.15, 0.2) is 0 Å². The molecule has 0 radical (unpaired) electrons. The van der Waals surface area contributed by atoms with Crippen LogP contribution >= 0.6 is 8.60 Å². The van der Waals surface area contributed by atoms with Crippen LogP contribution in [0, 0.1) is 0 Å². The summed E-state index contributed by atoms with van der Waals surface area (Å²) in [5.41, 5.74) is 0. The molecule has 0 aromatic carbocycles. The lowest BCUT2D eigenvalue weighted by Crippen LogP contribution is -2.38. The van der Waals surface area contributed by atoms with Crippen molar-refractivity contribution in [1.29, 1.82) is 0 Å². The number of rotatable bonds is 15. The van der Waals surface area contributed by atoms with Crippen molar-refractivity contribution in [2.24, 2.45) is 0 Å². The van der Waals surface area contributed by atoms with E-state index < -0.39 is 8.60 Å². The molecule has 0 fully saturated rings. The maximum atomic E-state index is 6.21. The van der Waals surface area contributed by atoms with E-state index in [9.17, 15) is 0 Å². The van der Waals surface area contributed by atoms with Crippen molar-refractivity contribution < 1.29 is 13.6 Å². The van der Waals surface area contributed by atoms with Gasteiger partial charge in [-0.3, -0.25) is 28.3 Å². The van der Waals surface area contributed by atoms with Gasteiger partial charge in [0.25, 0.3) is 0 Å². The first kappa shape index (κ1) is 25.2. The van der Waals surface area contributed by atoms with E-state index in [1.807, 2.05) is 0 Å². The van der Waals surface area contributed by atoms with Gasteiger partial charge in [0.1, 0.15) is 18.7 Å². The molecule has 0 rings (SSSR count). The second-order valence-electron chi connectivity index (χ2n) is 6.00. The lowest BCUT2D eigenvalue weighted by Gasteiger charge is -2.35. The molecule has 0 spiro atoms. The van der Waals surface area contributed by atoms with E-state index in [-0.39, 0.29) is 18.7 Å². The number of hydrogen-bond donors (Lipinski definition) is 0. The summed E-state index contributed by atoms with van der Waals surface area (Å²) in [5, 5.41) is 0. The van der Waals surface area contributed by atoms with E-state index in [0.29, 0.717) is 0 Å². The molecule has 0 amide bonds. The third-order valence-corrected chi connectivity index (χ3v) is 6.13.